The van der Waals surface area contributed by atoms with Crippen molar-refractivity contribution < 1.29 is 9.18 Å². The molecule has 0 bridgehead atoms. The van der Waals surface area contributed by atoms with Crippen molar-refractivity contribution in [3.63, 3.8) is 0 Å². The molecule has 0 spiro atoms. The molecule has 1 unspecified atom stereocenters. The van der Waals surface area contributed by atoms with Crippen molar-refractivity contribution in [1.82, 2.24) is 14.9 Å². The lowest BCUT2D eigenvalue weighted by molar-refractivity contribution is 0.0740. The predicted octanol–water partition coefficient (Wildman–Crippen LogP) is 4.63. The molecule has 4 nitrogen and oxygen atoms in total. The Kier molecular flexibility index (Phi) is 4.51. The third-order valence-corrected chi connectivity index (χ3v) is 5.55. The van der Waals surface area contributed by atoms with Gasteiger partial charge in [-0.3, -0.25) is 14.8 Å². The molecule has 0 saturated carbocycles. The van der Waals surface area contributed by atoms with Gasteiger partial charge in [-0.15, -0.1) is 11.3 Å². The van der Waals surface area contributed by atoms with E-state index in [0.29, 0.717) is 4.88 Å². The van der Waals surface area contributed by atoms with E-state index in [0.717, 1.165) is 41.8 Å². The highest BCUT2D eigenvalue weighted by molar-refractivity contribution is 7.11. The van der Waals surface area contributed by atoms with Gasteiger partial charge in [-0.25, -0.2) is 4.39 Å². The Labute approximate surface area is 155 Å². The number of likely N-dealkylation sites (tertiary alicyclic amines) is 1. The van der Waals surface area contributed by atoms with Crippen LogP contribution in [-0.2, 0) is 0 Å². The summed E-state index contributed by atoms with van der Waals surface area (Å²) < 4.78 is 13.5. The van der Waals surface area contributed by atoms with Crippen molar-refractivity contribution in [2.24, 2.45) is 0 Å². The molecule has 2 aromatic heterocycles. The Balaban J connectivity index is 1.64. The van der Waals surface area contributed by atoms with Gasteiger partial charge in [0.15, 0.2) is 0 Å². The van der Waals surface area contributed by atoms with Crippen LogP contribution in [0.4, 0.5) is 4.39 Å². The minimum absolute atomic E-state index is 0.0265. The third-order valence-electron chi connectivity index (χ3n) is 4.79. The number of aromatic nitrogens is 2. The SMILES string of the molecule is Cc1cc(-c2cccc(F)c2)ncc1C1CCCN1C(=O)c1cncs1. The molecule has 1 amide bonds. The van der Waals surface area contributed by atoms with Crippen LogP contribution in [0.5, 0.6) is 0 Å². The second kappa shape index (κ2) is 6.96. The fourth-order valence-electron chi connectivity index (χ4n) is 3.52. The smallest absolute Gasteiger partial charge is 0.266 e. The zero-order chi connectivity index (χ0) is 18.1. The Bertz CT molecular complexity index is 942. The average molecular weight is 367 g/mol. The molecule has 1 fully saturated rings. The number of aryl methyl sites for hydroxylation is 1. The second-order valence-electron chi connectivity index (χ2n) is 6.46. The van der Waals surface area contributed by atoms with Gasteiger partial charge in [-0.1, -0.05) is 12.1 Å². The van der Waals surface area contributed by atoms with Crippen LogP contribution in [0.3, 0.4) is 0 Å². The molecule has 0 aliphatic carbocycles. The zero-order valence-corrected chi connectivity index (χ0v) is 15.2. The van der Waals surface area contributed by atoms with E-state index >= 15 is 0 Å². The van der Waals surface area contributed by atoms with E-state index in [1.54, 1.807) is 17.8 Å². The van der Waals surface area contributed by atoms with Crippen molar-refractivity contribution in [2.45, 2.75) is 25.8 Å². The van der Waals surface area contributed by atoms with E-state index in [1.807, 2.05) is 30.2 Å². The van der Waals surface area contributed by atoms with Crippen molar-refractivity contribution in [3.05, 3.63) is 70.1 Å². The van der Waals surface area contributed by atoms with Gasteiger partial charge in [-0.2, -0.15) is 0 Å². The van der Waals surface area contributed by atoms with E-state index in [9.17, 15) is 9.18 Å². The van der Waals surface area contributed by atoms with Crippen molar-refractivity contribution in [1.29, 1.82) is 0 Å². The Morgan fingerprint density at radius 1 is 1.31 bits per heavy atom. The van der Waals surface area contributed by atoms with E-state index in [2.05, 4.69) is 9.97 Å². The monoisotopic (exact) mass is 367 g/mol. The van der Waals surface area contributed by atoms with Gasteiger partial charge < -0.3 is 4.90 Å². The molecule has 132 valence electrons. The minimum Gasteiger partial charge on any atom is -0.331 e. The highest BCUT2D eigenvalue weighted by Gasteiger charge is 2.32. The Hall–Kier alpha value is -2.60. The third kappa shape index (κ3) is 3.12. The first-order valence-electron chi connectivity index (χ1n) is 8.55. The van der Waals surface area contributed by atoms with Crippen LogP contribution in [0.2, 0.25) is 0 Å². The number of carbonyl (C=O) groups is 1. The number of rotatable bonds is 3. The van der Waals surface area contributed by atoms with Crippen molar-refractivity contribution in [3.8, 4) is 11.3 Å². The maximum absolute atomic E-state index is 13.5. The van der Waals surface area contributed by atoms with E-state index in [1.165, 1.54) is 23.5 Å². The van der Waals surface area contributed by atoms with Gasteiger partial charge in [0, 0.05) is 18.3 Å². The largest absolute Gasteiger partial charge is 0.331 e. The maximum atomic E-state index is 13.5. The fourth-order valence-corrected chi connectivity index (χ4v) is 4.09. The van der Waals surface area contributed by atoms with Gasteiger partial charge in [0.25, 0.3) is 5.91 Å². The highest BCUT2D eigenvalue weighted by atomic mass is 32.1. The number of amides is 1. The molecule has 1 aliphatic heterocycles. The van der Waals surface area contributed by atoms with Crippen molar-refractivity contribution in [2.75, 3.05) is 6.54 Å². The summed E-state index contributed by atoms with van der Waals surface area (Å²) in [7, 11) is 0. The van der Waals surface area contributed by atoms with Crippen LogP contribution < -0.4 is 0 Å². The van der Waals surface area contributed by atoms with Gasteiger partial charge in [0.05, 0.1) is 23.4 Å². The molecule has 0 radical (unpaired) electrons. The fraction of sp³-hybridized carbons (Fsp3) is 0.250. The summed E-state index contributed by atoms with van der Waals surface area (Å²) >= 11 is 1.37. The molecular weight excluding hydrogens is 349 g/mol. The molecule has 0 N–H and O–H groups in total. The van der Waals surface area contributed by atoms with Crippen LogP contribution in [0.25, 0.3) is 11.3 Å². The molecular formula is C20H18FN3OS. The predicted molar refractivity (Wildman–Crippen MR) is 99.5 cm³/mol. The first kappa shape index (κ1) is 16.8. The lowest BCUT2D eigenvalue weighted by Gasteiger charge is -2.25. The lowest BCUT2D eigenvalue weighted by atomic mass is 9.99. The van der Waals surface area contributed by atoms with E-state index in [-0.39, 0.29) is 17.8 Å². The van der Waals surface area contributed by atoms with Gasteiger partial charge in [0.1, 0.15) is 10.7 Å². The summed E-state index contributed by atoms with van der Waals surface area (Å²) in [5.74, 6) is -0.244. The van der Waals surface area contributed by atoms with Crippen molar-refractivity contribution >= 4 is 17.2 Å². The van der Waals surface area contributed by atoms with Crippen LogP contribution in [0.1, 0.15) is 39.7 Å². The highest BCUT2D eigenvalue weighted by Crippen LogP contribution is 2.35. The summed E-state index contributed by atoms with van der Waals surface area (Å²) in [6, 6.07) is 8.43. The molecule has 4 rings (SSSR count). The van der Waals surface area contributed by atoms with Crippen LogP contribution in [0, 0.1) is 12.7 Å². The molecule has 3 heterocycles. The number of halogens is 1. The van der Waals surface area contributed by atoms with Crippen LogP contribution in [0.15, 0.2) is 48.2 Å². The topological polar surface area (TPSA) is 46.1 Å². The number of carbonyl (C=O) groups excluding carboxylic acids is 1. The molecule has 3 aromatic rings. The Morgan fingerprint density at radius 2 is 2.19 bits per heavy atom. The average Bonchev–Trinajstić information content (AvgIpc) is 3.33. The number of nitrogens with zero attached hydrogens (tertiary/aromatic N) is 3. The molecule has 6 heteroatoms. The van der Waals surface area contributed by atoms with Gasteiger partial charge in [0.2, 0.25) is 0 Å². The second-order valence-corrected chi connectivity index (χ2v) is 7.35. The first-order valence-corrected chi connectivity index (χ1v) is 9.43. The summed E-state index contributed by atoms with van der Waals surface area (Å²) in [5.41, 5.74) is 5.29. The number of pyridine rings is 1. The van der Waals surface area contributed by atoms with E-state index in [4.69, 9.17) is 0 Å². The first-order chi connectivity index (χ1) is 12.6. The number of thiazole rings is 1. The van der Waals surface area contributed by atoms with Gasteiger partial charge >= 0.3 is 0 Å². The Morgan fingerprint density at radius 3 is 2.92 bits per heavy atom. The van der Waals surface area contributed by atoms with E-state index < -0.39 is 0 Å². The standard InChI is InChI=1S/C20H18FN3OS/c1-13-8-17(14-4-2-5-15(21)9-14)23-10-16(13)18-6-3-7-24(18)20(25)19-11-22-12-26-19/h2,4-5,8-12,18H,3,6-7H2,1H3. The molecule has 1 aromatic carbocycles. The lowest BCUT2D eigenvalue weighted by Crippen LogP contribution is -2.30. The van der Waals surface area contributed by atoms with Gasteiger partial charge in [-0.05, 0) is 49.1 Å². The molecule has 1 aliphatic rings. The number of hydrogen-bond acceptors (Lipinski definition) is 4. The number of benzene rings is 1. The quantitative estimate of drug-likeness (QED) is 0.678. The molecule has 1 saturated heterocycles. The number of hydrogen-bond donors (Lipinski definition) is 0. The van der Waals surface area contributed by atoms with Crippen LogP contribution in [-0.4, -0.2) is 27.3 Å². The zero-order valence-electron chi connectivity index (χ0n) is 14.4. The summed E-state index contributed by atoms with van der Waals surface area (Å²) in [4.78, 5) is 23.9. The summed E-state index contributed by atoms with van der Waals surface area (Å²) in [6.45, 7) is 2.76. The van der Waals surface area contributed by atoms with Crippen LogP contribution >= 0.6 is 11.3 Å². The summed E-state index contributed by atoms with van der Waals surface area (Å²) in [6.07, 6.45) is 5.35. The maximum Gasteiger partial charge on any atom is 0.266 e. The summed E-state index contributed by atoms with van der Waals surface area (Å²) in [5, 5.41) is 0. The normalized spacial score (nSPS) is 16.8. The minimum atomic E-state index is -0.275. The molecule has 26 heavy (non-hydrogen) atoms. The molecule has 1 atom stereocenters.